The average Bonchev–Trinajstić information content (AvgIpc) is 2.16. The summed E-state index contributed by atoms with van der Waals surface area (Å²) in [5, 5.41) is 1.18. The third kappa shape index (κ3) is 1.98. The van der Waals surface area contributed by atoms with Crippen molar-refractivity contribution in [1.29, 1.82) is 0 Å². The molecule has 0 N–H and O–H groups in total. The normalized spacial score (nSPS) is 11.1. The van der Waals surface area contributed by atoms with Gasteiger partial charge in [0, 0.05) is 11.1 Å². The quantitative estimate of drug-likeness (QED) is 0.714. The zero-order chi connectivity index (χ0) is 10.1. The van der Waals surface area contributed by atoms with E-state index in [2.05, 4.69) is 61.1 Å². The maximum atomic E-state index is 4.48. The summed E-state index contributed by atoms with van der Waals surface area (Å²) in [6.45, 7) is 2.01. The molecule has 2 aromatic rings. The maximum absolute atomic E-state index is 4.48. The van der Waals surface area contributed by atoms with E-state index >= 15 is 0 Å². The summed E-state index contributed by atoms with van der Waals surface area (Å²) in [6.07, 6.45) is 0. The molecule has 3 heteroatoms. The van der Waals surface area contributed by atoms with E-state index in [4.69, 9.17) is 0 Å². The molecule has 1 heterocycles. The number of halogens is 2. The molecule has 0 saturated carbocycles. The lowest BCUT2D eigenvalue weighted by molar-refractivity contribution is 1.25. The Morgan fingerprint density at radius 1 is 1.14 bits per heavy atom. The molecule has 2 rings (SSSR count). The lowest BCUT2D eigenvalue weighted by atomic mass is 10.1. The second kappa shape index (κ2) is 3.99. The minimum Gasteiger partial charge on any atom is -0.253 e. The summed E-state index contributed by atoms with van der Waals surface area (Å²) in [6, 6.07) is 10.4. The molecule has 0 fully saturated rings. The molecule has 0 saturated heterocycles. The third-order valence-corrected chi connectivity index (χ3v) is 3.16. The highest BCUT2D eigenvalue weighted by Crippen LogP contribution is 2.30. The number of hydrogen-bond donors (Lipinski definition) is 0. The van der Waals surface area contributed by atoms with Crippen molar-refractivity contribution >= 4 is 42.8 Å². The predicted molar refractivity (Wildman–Crippen MR) is 67.1 cm³/mol. The second-order valence-corrected chi connectivity index (χ2v) is 6.27. The highest BCUT2D eigenvalue weighted by atomic mass is 79.9. The first kappa shape index (κ1) is 10.1. The zero-order valence-electron chi connectivity index (χ0n) is 7.67. The fourth-order valence-electron chi connectivity index (χ4n) is 1.37. The van der Waals surface area contributed by atoms with Crippen molar-refractivity contribution < 1.29 is 0 Å². The van der Waals surface area contributed by atoms with Gasteiger partial charge < -0.3 is 0 Å². The van der Waals surface area contributed by atoms with Crippen molar-refractivity contribution in [3.8, 4) is 0 Å². The molecule has 1 aromatic heterocycles. The smallest absolute Gasteiger partial charge is 0.0947 e. The topological polar surface area (TPSA) is 12.9 Å². The van der Waals surface area contributed by atoms with Crippen LogP contribution in [-0.4, -0.2) is 4.98 Å². The number of benzene rings is 1. The summed E-state index contributed by atoms with van der Waals surface area (Å²) in [5.74, 6) is 0. The van der Waals surface area contributed by atoms with E-state index in [0.29, 0.717) is 0 Å². The van der Waals surface area contributed by atoms with Crippen LogP contribution in [0.3, 0.4) is 0 Å². The molecule has 0 bridgehead atoms. The molecule has 0 atom stereocenters. The van der Waals surface area contributed by atoms with Gasteiger partial charge in [0.25, 0.3) is 0 Å². The fourth-order valence-corrected chi connectivity index (χ4v) is 1.94. The number of rotatable bonds is 1. The van der Waals surface area contributed by atoms with Crippen LogP contribution in [0.4, 0.5) is 0 Å². The monoisotopic (exact) mass is 313 g/mol. The van der Waals surface area contributed by atoms with E-state index in [1.54, 1.807) is 0 Å². The van der Waals surface area contributed by atoms with E-state index < -0.39 is 0 Å². The van der Waals surface area contributed by atoms with Gasteiger partial charge in [0.1, 0.15) is 0 Å². The molecule has 14 heavy (non-hydrogen) atoms. The largest absolute Gasteiger partial charge is 0.253 e. The molecule has 0 spiro atoms. The Kier molecular flexibility index (Phi) is 2.88. The Morgan fingerprint density at radius 2 is 1.86 bits per heavy atom. The van der Waals surface area contributed by atoms with Gasteiger partial charge in [-0.05, 0) is 24.6 Å². The molecule has 0 radical (unpaired) electrons. The number of pyridine rings is 1. The lowest BCUT2D eigenvalue weighted by Crippen LogP contribution is -1.86. The molecular formula is C11H9Br2N. The molecular weight excluding hydrogens is 306 g/mol. The van der Waals surface area contributed by atoms with Gasteiger partial charge in [0.15, 0.2) is 0 Å². The van der Waals surface area contributed by atoms with Crippen LogP contribution in [0.25, 0.3) is 10.9 Å². The average molecular weight is 315 g/mol. The lowest BCUT2D eigenvalue weighted by Gasteiger charge is -2.04. The van der Waals surface area contributed by atoms with Crippen LogP contribution in [-0.2, 0) is 0 Å². The van der Waals surface area contributed by atoms with Crippen LogP contribution in [0.5, 0.6) is 0 Å². The fraction of sp³-hybridized carbons (Fsp3) is 0.182. The van der Waals surface area contributed by atoms with Crippen molar-refractivity contribution in [2.45, 2.75) is 10.7 Å². The van der Waals surface area contributed by atoms with E-state index in [0.717, 1.165) is 11.2 Å². The highest BCUT2D eigenvalue weighted by molar-refractivity contribution is 9.24. The zero-order valence-corrected chi connectivity index (χ0v) is 10.8. The van der Waals surface area contributed by atoms with Gasteiger partial charge >= 0.3 is 0 Å². The van der Waals surface area contributed by atoms with Gasteiger partial charge in [-0.1, -0.05) is 50.1 Å². The molecule has 72 valence electrons. The third-order valence-electron chi connectivity index (χ3n) is 2.11. The number of nitrogens with zero attached hydrogens (tertiary/aromatic N) is 1. The van der Waals surface area contributed by atoms with Gasteiger partial charge in [0.05, 0.1) is 9.25 Å². The van der Waals surface area contributed by atoms with Crippen molar-refractivity contribution in [3.05, 3.63) is 41.6 Å². The van der Waals surface area contributed by atoms with Crippen LogP contribution in [0.2, 0.25) is 0 Å². The summed E-state index contributed by atoms with van der Waals surface area (Å²) in [5.41, 5.74) is 3.29. The molecule has 1 aromatic carbocycles. The van der Waals surface area contributed by atoms with Crippen LogP contribution in [0.1, 0.15) is 15.0 Å². The van der Waals surface area contributed by atoms with Crippen LogP contribution in [0, 0.1) is 6.92 Å². The van der Waals surface area contributed by atoms with E-state index in [1.807, 2.05) is 13.0 Å². The van der Waals surface area contributed by atoms with Crippen molar-refractivity contribution in [2.24, 2.45) is 0 Å². The predicted octanol–water partition coefficient (Wildman–Crippen LogP) is 4.33. The Labute approximate surface area is 99.8 Å². The highest BCUT2D eigenvalue weighted by Gasteiger charge is 2.03. The summed E-state index contributed by atoms with van der Waals surface area (Å²) in [4.78, 5) is 4.48. The van der Waals surface area contributed by atoms with Crippen LogP contribution >= 0.6 is 31.9 Å². The Morgan fingerprint density at radius 3 is 2.57 bits per heavy atom. The number of alkyl halides is 2. The SMILES string of the molecule is Cc1ccc2ccc(C(Br)Br)cc2n1. The van der Waals surface area contributed by atoms with Crippen LogP contribution in [0.15, 0.2) is 30.3 Å². The first-order chi connectivity index (χ1) is 6.66. The minimum atomic E-state index is 0.196. The van der Waals surface area contributed by atoms with Crippen LogP contribution < -0.4 is 0 Å². The standard InChI is InChI=1S/C11H9Br2N/c1-7-2-3-8-4-5-9(11(12)13)6-10(8)14-7/h2-6,11H,1H3. The van der Waals surface area contributed by atoms with Gasteiger partial charge in [-0.3, -0.25) is 4.98 Å². The van der Waals surface area contributed by atoms with E-state index in [9.17, 15) is 0 Å². The minimum absolute atomic E-state index is 0.196. The first-order valence-corrected chi connectivity index (χ1v) is 6.15. The second-order valence-electron chi connectivity index (χ2n) is 3.21. The molecule has 0 aliphatic heterocycles. The Balaban J connectivity index is 2.63. The molecule has 0 aliphatic rings. The van der Waals surface area contributed by atoms with Crippen molar-refractivity contribution in [2.75, 3.05) is 0 Å². The van der Waals surface area contributed by atoms with Gasteiger partial charge in [-0.2, -0.15) is 0 Å². The van der Waals surface area contributed by atoms with Gasteiger partial charge in [0.2, 0.25) is 0 Å². The van der Waals surface area contributed by atoms with E-state index in [1.165, 1.54) is 10.9 Å². The van der Waals surface area contributed by atoms with Crippen molar-refractivity contribution in [1.82, 2.24) is 4.98 Å². The molecule has 1 nitrogen and oxygen atoms in total. The molecule has 0 aliphatic carbocycles. The summed E-state index contributed by atoms with van der Waals surface area (Å²) < 4.78 is 0.196. The number of fused-ring (bicyclic) bond motifs is 1. The molecule has 0 unspecified atom stereocenters. The number of aryl methyl sites for hydroxylation is 1. The number of hydrogen-bond acceptors (Lipinski definition) is 1. The Bertz CT molecular complexity index is 466. The molecule has 0 amide bonds. The summed E-state index contributed by atoms with van der Waals surface area (Å²) >= 11 is 6.95. The summed E-state index contributed by atoms with van der Waals surface area (Å²) in [7, 11) is 0. The van der Waals surface area contributed by atoms with Crippen molar-refractivity contribution in [3.63, 3.8) is 0 Å². The van der Waals surface area contributed by atoms with Gasteiger partial charge in [-0.25, -0.2) is 0 Å². The van der Waals surface area contributed by atoms with E-state index in [-0.39, 0.29) is 3.74 Å². The first-order valence-electron chi connectivity index (χ1n) is 4.32. The Hall–Kier alpha value is -0.410. The number of aromatic nitrogens is 1. The van der Waals surface area contributed by atoms with Gasteiger partial charge in [-0.15, -0.1) is 0 Å². The maximum Gasteiger partial charge on any atom is 0.0947 e.